The van der Waals surface area contributed by atoms with Crippen LogP contribution in [0.15, 0.2) is 36.4 Å². The number of halogens is 2. The highest BCUT2D eigenvalue weighted by molar-refractivity contribution is 5.92. The Morgan fingerprint density at radius 2 is 1.80 bits per heavy atom. The highest BCUT2D eigenvalue weighted by Gasteiger charge is 2.10. The number of rotatable bonds is 4. The van der Waals surface area contributed by atoms with Gasteiger partial charge in [-0.25, -0.2) is 8.78 Å². The average Bonchev–Trinajstić information content (AvgIpc) is 2.43. The molecule has 0 spiro atoms. The molecule has 0 saturated heterocycles. The molecule has 0 aliphatic heterocycles. The van der Waals surface area contributed by atoms with Gasteiger partial charge in [0.05, 0.1) is 0 Å². The van der Waals surface area contributed by atoms with Gasteiger partial charge >= 0.3 is 0 Å². The van der Waals surface area contributed by atoms with Crippen molar-refractivity contribution in [3.63, 3.8) is 0 Å². The highest BCUT2D eigenvalue weighted by atomic mass is 19.1. The molecule has 2 aromatic carbocycles. The number of hydrogen-bond acceptors (Lipinski definition) is 2. The SMILES string of the molecule is Cc1ccc(F)c(NCc2ccc(C(N)=O)cc2)c1F. The topological polar surface area (TPSA) is 55.1 Å². The van der Waals surface area contributed by atoms with Crippen LogP contribution in [0.4, 0.5) is 14.5 Å². The van der Waals surface area contributed by atoms with Gasteiger partial charge in [-0.2, -0.15) is 0 Å². The summed E-state index contributed by atoms with van der Waals surface area (Å²) in [6, 6.07) is 9.11. The number of aryl methyl sites for hydroxylation is 1. The zero-order valence-electron chi connectivity index (χ0n) is 10.9. The molecule has 20 heavy (non-hydrogen) atoms. The maximum atomic E-state index is 13.8. The summed E-state index contributed by atoms with van der Waals surface area (Å²) >= 11 is 0. The normalized spacial score (nSPS) is 10.3. The molecule has 1 amide bonds. The Balaban J connectivity index is 2.13. The quantitative estimate of drug-likeness (QED) is 0.902. The molecule has 0 heterocycles. The first-order valence-corrected chi connectivity index (χ1v) is 6.06. The fraction of sp³-hybridized carbons (Fsp3) is 0.133. The zero-order valence-corrected chi connectivity index (χ0v) is 10.9. The van der Waals surface area contributed by atoms with Crippen LogP contribution < -0.4 is 11.1 Å². The summed E-state index contributed by atoms with van der Waals surface area (Å²) in [6.07, 6.45) is 0. The van der Waals surface area contributed by atoms with Crippen molar-refractivity contribution in [2.24, 2.45) is 5.73 Å². The Bertz CT molecular complexity index is 639. The molecule has 2 aromatic rings. The van der Waals surface area contributed by atoms with Crippen LogP contribution in [0.1, 0.15) is 21.5 Å². The first-order chi connectivity index (χ1) is 9.49. The van der Waals surface area contributed by atoms with Crippen molar-refractivity contribution in [3.05, 3.63) is 64.7 Å². The van der Waals surface area contributed by atoms with E-state index < -0.39 is 17.5 Å². The van der Waals surface area contributed by atoms with E-state index in [1.807, 2.05) is 0 Å². The number of primary amides is 1. The van der Waals surface area contributed by atoms with E-state index in [1.54, 1.807) is 31.2 Å². The van der Waals surface area contributed by atoms with E-state index in [4.69, 9.17) is 5.73 Å². The lowest BCUT2D eigenvalue weighted by molar-refractivity contribution is 0.100. The Hall–Kier alpha value is -2.43. The van der Waals surface area contributed by atoms with Gasteiger partial charge in [-0.1, -0.05) is 18.2 Å². The third-order valence-corrected chi connectivity index (χ3v) is 2.99. The molecule has 3 N–H and O–H groups in total. The molecule has 3 nitrogen and oxygen atoms in total. The van der Waals surface area contributed by atoms with Gasteiger partial charge in [-0.15, -0.1) is 0 Å². The molecule has 0 aliphatic carbocycles. The van der Waals surface area contributed by atoms with E-state index in [0.29, 0.717) is 11.1 Å². The number of carbonyl (C=O) groups is 1. The predicted octanol–water partition coefficient (Wildman–Crippen LogP) is 2.98. The molecular formula is C15H14F2N2O. The van der Waals surface area contributed by atoms with Gasteiger partial charge in [-0.05, 0) is 36.2 Å². The first kappa shape index (κ1) is 14.0. The number of nitrogens with one attached hydrogen (secondary N) is 1. The van der Waals surface area contributed by atoms with E-state index >= 15 is 0 Å². The van der Waals surface area contributed by atoms with Gasteiger partial charge in [0, 0.05) is 12.1 Å². The van der Waals surface area contributed by atoms with Crippen LogP contribution in [0, 0.1) is 18.6 Å². The maximum Gasteiger partial charge on any atom is 0.248 e. The second-order valence-electron chi connectivity index (χ2n) is 4.47. The van der Waals surface area contributed by atoms with Crippen molar-refractivity contribution < 1.29 is 13.6 Å². The Morgan fingerprint density at radius 1 is 1.15 bits per heavy atom. The molecule has 0 aliphatic rings. The molecule has 0 atom stereocenters. The molecule has 0 fully saturated rings. The number of nitrogens with two attached hydrogens (primary N) is 1. The van der Waals surface area contributed by atoms with Crippen LogP contribution >= 0.6 is 0 Å². The number of benzene rings is 2. The fourth-order valence-corrected chi connectivity index (χ4v) is 1.80. The minimum atomic E-state index is -0.637. The van der Waals surface area contributed by atoms with Gasteiger partial charge in [0.25, 0.3) is 0 Å². The maximum absolute atomic E-state index is 13.8. The van der Waals surface area contributed by atoms with Crippen LogP contribution in [0.2, 0.25) is 0 Å². The summed E-state index contributed by atoms with van der Waals surface area (Å²) < 4.78 is 27.3. The Kier molecular flexibility index (Phi) is 3.98. The summed E-state index contributed by atoms with van der Waals surface area (Å²) in [5, 5.41) is 2.72. The van der Waals surface area contributed by atoms with Crippen LogP contribution in [0.5, 0.6) is 0 Å². The van der Waals surface area contributed by atoms with E-state index in [1.165, 1.54) is 12.1 Å². The molecule has 0 radical (unpaired) electrons. The van der Waals surface area contributed by atoms with Gasteiger partial charge in [0.1, 0.15) is 11.5 Å². The lowest BCUT2D eigenvalue weighted by Gasteiger charge is -2.10. The highest BCUT2D eigenvalue weighted by Crippen LogP contribution is 2.22. The molecule has 0 aromatic heterocycles. The van der Waals surface area contributed by atoms with Crippen molar-refractivity contribution in [2.45, 2.75) is 13.5 Å². The molecular weight excluding hydrogens is 262 g/mol. The summed E-state index contributed by atoms with van der Waals surface area (Å²) in [5.74, 6) is -1.75. The molecule has 104 valence electrons. The zero-order chi connectivity index (χ0) is 14.7. The van der Waals surface area contributed by atoms with Gasteiger partial charge in [-0.3, -0.25) is 4.79 Å². The van der Waals surface area contributed by atoms with Crippen molar-refractivity contribution in [3.8, 4) is 0 Å². The standard InChI is InChI=1S/C15H14F2N2O/c1-9-2-7-12(16)14(13(9)17)19-8-10-3-5-11(6-4-10)15(18)20/h2-7,19H,8H2,1H3,(H2,18,20). The van der Waals surface area contributed by atoms with Gasteiger partial charge in [0.2, 0.25) is 5.91 Å². The number of amides is 1. The van der Waals surface area contributed by atoms with Crippen LogP contribution in [0.3, 0.4) is 0 Å². The Labute approximate surface area is 115 Å². The van der Waals surface area contributed by atoms with Crippen LogP contribution in [-0.2, 0) is 6.54 Å². The molecule has 5 heteroatoms. The lowest BCUT2D eigenvalue weighted by atomic mass is 10.1. The van der Waals surface area contributed by atoms with Crippen LogP contribution in [0.25, 0.3) is 0 Å². The van der Waals surface area contributed by atoms with Crippen molar-refractivity contribution >= 4 is 11.6 Å². The number of hydrogen-bond donors (Lipinski definition) is 2. The minimum Gasteiger partial charge on any atom is -0.376 e. The molecule has 2 rings (SSSR count). The number of carbonyl (C=O) groups excluding carboxylic acids is 1. The van der Waals surface area contributed by atoms with Gasteiger partial charge < -0.3 is 11.1 Å². The summed E-state index contributed by atoms with van der Waals surface area (Å²) in [6.45, 7) is 1.82. The molecule has 0 saturated carbocycles. The molecule has 0 bridgehead atoms. The largest absolute Gasteiger partial charge is 0.376 e. The number of anilines is 1. The smallest absolute Gasteiger partial charge is 0.248 e. The fourth-order valence-electron chi connectivity index (χ4n) is 1.80. The van der Waals surface area contributed by atoms with Crippen molar-refractivity contribution in [2.75, 3.05) is 5.32 Å². The Morgan fingerprint density at radius 3 is 2.40 bits per heavy atom. The summed E-state index contributed by atoms with van der Waals surface area (Å²) in [4.78, 5) is 10.9. The van der Waals surface area contributed by atoms with E-state index in [9.17, 15) is 13.6 Å². The van der Waals surface area contributed by atoms with E-state index in [0.717, 1.165) is 5.56 Å². The summed E-state index contributed by atoms with van der Waals surface area (Å²) in [7, 11) is 0. The second kappa shape index (κ2) is 5.69. The van der Waals surface area contributed by atoms with E-state index in [-0.39, 0.29) is 12.2 Å². The third kappa shape index (κ3) is 2.93. The lowest BCUT2D eigenvalue weighted by Crippen LogP contribution is -2.11. The minimum absolute atomic E-state index is 0.149. The summed E-state index contributed by atoms with van der Waals surface area (Å²) in [5.41, 5.74) is 6.53. The van der Waals surface area contributed by atoms with Crippen molar-refractivity contribution in [1.82, 2.24) is 0 Å². The third-order valence-electron chi connectivity index (χ3n) is 2.99. The average molecular weight is 276 g/mol. The monoisotopic (exact) mass is 276 g/mol. The van der Waals surface area contributed by atoms with Crippen molar-refractivity contribution in [1.29, 1.82) is 0 Å². The van der Waals surface area contributed by atoms with Gasteiger partial charge in [0.15, 0.2) is 5.82 Å². The predicted molar refractivity (Wildman–Crippen MR) is 73.4 cm³/mol. The molecule has 0 unspecified atom stereocenters. The van der Waals surface area contributed by atoms with Crippen LogP contribution in [-0.4, -0.2) is 5.91 Å². The first-order valence-electron chi connectivity index (χ1n) is 6.06. The second-order valence-corrected chi connectivity index (χ2v) is 4.47. The van der Waals surface area contributed by atoms with E-state index in [2.05, 4.69) is 5.32 Å².